The molecule has 5 rings (SSSR count). The number of rotatable bonds is 9. The van der Waals surface area contributed by atoms with E-state index in [4.69, 9.17) is 23.9 Å². The SMILES string of the molecule is CCCC1=C(C(=O)OCC)C(c2c(OC)ccc3ccccc23)n2c(s/c(=C/c3cc(OC)c(O)c(OC)c3)c2=O)=N1. The van der Waals surface area contributed by atoms with E-state index in [2.05, 4.69) is 0 Å². The average Bonchev–Trinajstić information content (AvgIpc) is 3.30. The second-order valence-electron chi connectivity index (χ2n) is 9.59. The molecule has 3 aromatic carbocycles. The van der Waals surface area contributed by atoms with Gasteiger partial charge in [0, 0.05) is 5.56 Å². The second-order valence-corrected chi connectivity index (χ2v) is 10.6. The number of aromatic nitrogens is 1. The van der Waals surface area contributed by atoms with Gasteiger partial charge in [0.25, 0.3) is 5.56 Å². The van der Waals surface area contributed by atoms with E-state index in [1.807, 2.05) is 43.3 Å². The number of thiazole rings is 1. The lowest BCUT2D eigenvalue weighted by Gasteiger charge is -2.28. The summed E-state index contributed by atoms with van der Waals surface area (Å²) in [4.78, 5) is 33.2. The summed E-state index contributed by atoms with van der Waals surface area (Å²) in [5.74, 6) is 0.306. The van der Waals surface area contributed by atoms with Gasteiger partial charge >= 0.3 is 5.97 Å². The number of benzene rings is 3. The molecule has 0 bridgehead atoms. The Morgan fingerprint density at radius 2 is 1.71 bits per heavy atom. The first kappa shape index (κ1) is 28.9. The fourth-order valence-electron chi connectivity index (χ4n) is 5.28. The van der Waals surface area contributed by atoms with Gasteiger partial charge < -0.3 is 24.1 Å². The van der Waals surface area contributed by atoms with Gasteiger partial charge in [0.1, 0.15) is 11.8 Å². The minimum absolute atomic E-state index is 0.134. The van der Waals surface area contributed by atoms with E-state index < -0.39 is 12.0 Å². The van der Waals surface area contributed by atoms with Crippen LogP contribution in [0.15, 0.2) is 69.6 Å². The number of hydrogen-bond donors (Lipinski definition) is 1. The number of hydrogen-bond acceptors (Lipinski definition) is 9. The Morgan fingerprint density at radius 1 is 1.02 bits per heavy atom. The summed E-state index contributed by atoms with van der Waals surface area (Å²) >= 11 is 1.22. The van der Waals surface area contributed by atoms with Crippen LogP contribution in [-0.2, 0) is 9.53 Å². The second kappa shape index (κ2) is 12.1. The molecule has 0 fully saturated rings. The highest BCUT2D eigenvalue weighted by atomic mass is 32.1. The molecule has 2 heterocycles. The van der Waals surface area contributed by atoms with Crippen LogP contribution < -0.4 is 29.1 Å². The standard InChI is InChI=1S/C32H32N2O7S/c1-6-10-21-27(31(37)41-7-2)28(26-20-12-9-8-11-19(20)13-14-22(26)38-3)34-30(36)25(42-32(34)33-21)17-18-15-23(39-4)29(35)24(16-18)40-5/h8-9,11-17,28,35H,6-7,10H2,1-5H3/b25-17+. The van der Waals surface area contributed by atoms with Gasteiger partial charge in [-0.25, -0.2) is 9.79 Å². The molecule has 0 saturated heterocycles. The summed E-state index contributed by atoms with van der Waals surface area (Å²) in [6.07, 6.45) is 2.96. The third kappa shape index (κ3) is 5.02. The van der Waals surface area contributed by atoms with Gasteiger partial charge in [0.05, 0.1) is 43.7 Å². The van der Waals surface area contributed by atoms with E-state index in [-0.39, 0.29) is 29.4 Å². The molecule has 42 heavy (non-hydrogen) atoms. The Labute approximate surface area is 246 Å². The number of ether oxygens (including phenoxy) is 4. The highest BCUT2D eigenvalue weighted by Crippen LogP contribution is 2.41. The normalized spacial score (nSPS) is 14.9. The van der Waals surface area contributed by atoms with Gasteiger partial charge in [0.2, 0.25) is 5.75 Å². The Bertz CT molecular complexity index is 1860. The van der Waals surface area contributed by atoms with Gasteiger partial charge in [-0.3, -0.25) is 9.36 Å². The van der Waals surface area contributed by atoms with Gasteiger partial charge in [-0.05, 0) is 54.0 Å². The molecule has 0 aliphatic carbocycles. The van der Waals surface area contributed by atoms with Crippen LogP contribution in [0.1, 0.15) is 43.9 Å². The smallest absolute Gasteiger partial charge is 0.338 e. The van der Waals surface area contributed by atoms with Crippen molar-refractivity contribution in [3.63, 3.8) is 0 Å². The van der Waals surface area contributed by atoms with Crippen molar-refractivity contribution in [1.29, 1.82) is 0 Å². The molecule has 1 unspecified atom stereocenters. The minimum Gasteiger partial charge on any atom is -0.502 e. The summed E-state index contributed by atoms with van der Waals surface area (Å²) < 4.78 is 23.9. The summed E-state index contributed by atoms with van der Waals surface area (Å²) in [5.41, 5.74) is 1.84. The van der Waals surface area contributed by atoms with E-state index in [9.17, 15) is 14.7 Å². The quantitative estimate of drug-likeness (QED) is 0.288. The van der Waals surface area contributed by atoms with Crippen molar-refractivity contribution in [2.45, 2.75) is 32.7 Å². The molecule has 218 valence electrons. The van der Waals surface area contributed by atoms with E-state index in [0.29, 0.717) is 43.9 Å². The molecule has 4 aromatic rings. The van der Waals surface area contributed by atoms with Crippen LogP contribution in [0.5, 0.6) is 23.0 Å². The number of nitrogens with zero attached hydrogens (tertiary/aromatic N) is 2. The predicted octanol–water partition coefficient (Wildman–Crippen LogP) is 4.46. The molecule has 0 amide bonds. The maximum atomic E-state index is 14.3. The van der Waals surface area contributed by atoms with Crippen molar-refractivity contribution in [2.24, 2.45) is 4.99 Å². The molecule has 0 radical (unpaired) electrons. The number of carbonyl (C=O) groups is 1. The van der Waals surface area contributed by atoms with Crippen LogP contribution in [0, 0.1) is 0 Å². The first-order valence-electron chi connectivity index (χ1n) is 13.6. The number of phenolic OH excluding ortho intramolecular Hbond substituents is 1. The van der Waals surface area contributed by atoms with Crippen LogP contribution in [0.25, 0.3) is 16.8 Å². The van der Waals surface area contributed by atoms with Crippen molar-refractivity contribution >= 4 is 34.2 Å². The summed E-state index contributed by atoms with van der Waals surface area (Å²) in [6, 6.07) is 14.0. The third-order valence-electron chi connectivity index (χ3n) is 7.12. The Morgan fingerprint density at radius 3 is 2.36 bits per heavy atom. The first-order chi connectivity index (χ1) is 20.4. The lowest BCUT2D eigenvalue weighted by Crippen LogP contribution is -2.40. The van der Waals surface area contributed by atoms with Crippen molar-refractivity contribution in [2.75, 3.05) is 27.9 Å². The largest absolute Gasteiger partial charge is 0.502 e. The van der Waals surface area contributed by atoms with Crippen molar-refractivity contribution in [1.82, 2.24) is 4.57 Å². The maximum Gasteiger partial charge on any atom is 0.338 e. The van der Waals surface area contributed by atoms with Crippen molar-refractivity contribution in [3.8, 4) is 23.0 Å². The molecule has 1 N–H and O–H groups in total. The fourth-order valence-corrected chi connectivity index (χ4v) is 6.30. The predicted molar refractivity (Wildman–Crippen MR) is 161 cm³/mol. The molecule has 10 heteroatoms. The number of fused-ring (bicyclic) bond motifs is 2. The van der Waals surface area contributed by atoms with Gasteiger partial charge in [-0.2, -0.15) is 0 Å². The van der Waals surface area contributed by atoms with Crippen LogP contribution >= 0.6 is 11.3 Å². The van der Waals surface area contributed by atoms with E-state index in [0.717, 1.165) is 17.2 Å². The molecule has 9 nitrogen and oxygen atoms in total. The zero-order chi connectivity index (χ0) is 30.0. The number of methoxy groups -OCH3 is 3. The van der Waals surface area contributed by atoms with E-state index in [1.54, 1.807) is 36.8 Å². The molecule has 1 atom stereocenters. The number of carbonyl (C=O) groups excluding carboxylic acids is 1. The summed E-state index contributed by atoms with van der Waals surface area (Å²) in [5, 5.41) is 12.2. The average molecular weight is 589 g/mol. The van der Waals surface area contributed by atoms with E-state index in [1.165, 1.54) is 25.6 Å². The molecule has 0 spiro atoms. The highest BCUT2D eigenvalue weighted by molar-refractivity contribution is 7.07. The number of esters is 1. The first-order valence-corrected chi connectivity index (χ1v) is 14.4. The Balaban J connectivity index is 1.86. The summed E-state index contributed by atoms with van der Waals surface area (Å²) in [7, 11) is 4.45. The molecule has 1 aliphatic rings. The maximum absolute atomic E-state index is 14.3. The monoisotopic (exact) mass is 588 g/mol. The minimum atomic E-state index is -0.839. The van der Waals surface area contributed by atoms with Crippen molar-refractivity contribution < 1.29 is 28.8 Å². The molecule has 0 saturated carbocycles. The number of allylic oxidation sites excluding steroid dienone is 1. The Hall–Kier alpha value is -4.57. The van der Waals surface area contributed by atoms with Gasteiger partial charge in [-0.15, -0.1) is 0 Å². The van der Waals surface area contributed by atoms with Crippen molar-refractivity contribution in [3.05, 3.63) is 90.6 Å². The topological polar surface area (TPSA) is 109 Å². The van der Waals surface area contributed by atoms with E-state index >= 15 is 0 Å². The Kier molecular flexibility index (Phi) is 8.35. The fraction of sp³-hybridized carbons (Fsp3) is 0.281. The molecular weight excluding hydrogens is 556 g/mol. The highest BCUT2D eigenvalue weighted by Gasteiger charge is 2.37. The van der Waals surface area contributed by atoms with Crippen LogP contribution in [0.3, 0.4) is 0 Å². The van der Waals surface area contributed by atoms with Gasteiger partial charge in [0.15, 0.2) is 16.3 Å². The lowest BCUT2D eigenvalue weighted by molar-refractivity contribution is -0.139. The number of phenols is 1. The lowest BCUT2D eigenvalue weighted by atomic mass is 9.90. The van der Waals surface area contributed by atoms with Crippen LogP contribution in [0.2, 0.25) is 0 Å². The summed E-state index contributed by atoms with van der Waals surface area (Å²) in [6.45, 7) is 3.94. The molecular formula is C32H32N2O7S. The third-order valence-corrected chi connectivity index (χ3v) is 8.10. The van der Waals surface area contributed by atoms with Crippen LogP contribution in [-0.4, -0.2) is 43.6 Å². The van der Waals surface area contributed by atoms with Gasteiger partial charge in [-0.1, -0.05) is 55.0 Å². The number of aromatic hydroxyl groups is 1. The zero-order valence-electron chi connectivity index (χ0n) is 24.1. The van der Waals surface area contributed by atoms with Crippen LogP contribution in [0.4, 0.5) is 0 Å². The molecule has 1 aromatic heterocycles. The molecule has 1 aliphatic heterocycles. The zero-order valence-corrected chi connectivity index (χ0v) is 24.9.